The van der Waals surface area contributed by atoms with E-state index >= 15 is 0 Å². The van der Waals surface area contributed by atoms with Crippen LogP contribution >= 0.6 is 0 Å². The Morgan fingerprint density at radius 3 is 2.62 bits per heavy atom. The second-order valence-corrected chi connectivity index (χ2v) is 9.23. The molecule has 188 valence electrons. The highest BCUT2D eigenvalue weighted by molar-refractivity contribution is 6.16. The number of methoxy groups -OCH3 is 1. The summed E-state index contributed by atoms with van der Waals surface area (Å²) in [6.45, 7) is 5.41. The molecule has 4 heterocycles. The summed E-state index contributed by atoms with van der Waals surface area (Å²) in [6.07, 6.45) is 6.50. The number of hydrogen-bond donors (Lipinski definition) is 1. The number of nitrogens with one attached hydrogen (secondary N) is 1. The van der Waals surface area contributed by atoms with Gasteiger partial charge in [-0.15, -0.1) is 0 Å². The van der Waals surface area contributed by atoms with Crippen molar-refractivity contribution in [1.82, 2.24) is 19.9 Å². The predicted molar refractivity (Wildman–Crippen MR) is 146 cm³/mol. The van der Waals surface area contributed by atoms with Crippen molar-refractivity contribution in [3.8, 4) is 33.9 Å². The van der Waals surface area contributed by atoms with Gasteiger partial charge in [-0.25, -0.2) is 0 Å². The molecule has 6 rings (SSSR count). The third kappa shape index (κ3) is 4.88. The van der Waals surface area contributed by atoms with Gasteiger partial charge >= 0.3 is 0 Å². The van der Waals surface area contributed by atoms with E-state index in [1.807, 2.05) is 42.7 Å². The Morgan fingerprint density at radius 1 is 0.973 bits per heavy atom. The van der Waals surface area contributed by atoms with Crippen molar-refractivity contribution in [2.75, 3.05) is 46.6 Å². The molecule has 7 heteroatoms. The number of ether oxygens (including phenoxy) is 3. The molecule has 0 amide bonds. The largest absolute Gasteiger partial charge is 0.496 e. The van der Waals surface area contributed by atoms with Crippen molar-refractivity contribution in [2.45, 2.75) is 6.42 Å². The summed E-state index contributed by atoms with van der Waals surface area (Å²) in [5.41, 5.74) is 6.02. The Hall–Kier alpha value is -3.94. The molecular weight excluding hydrogens is 464 g/mol. The van der Waals surface area contributed by atoms with Crippen molar-refractivity contribution in [2.24, 2.45) is 0 Å². The fraction of sp³-hybridized carbons (Fsp3) is 0.267. The molecule has 7 nitrogen and oxygen atoms in total. The van der Waals surface area contributed by atoms with E-state index in [1.54, 1.807) is 13.3 Å². The van der Waals surface area contributed by atoms with Gasteiger partial charge in [0.05, 0.1) is 44.3 Å². The van der Waals surface area contributed by atoms with E-state index in [-0.39, 0.29) is 0 Å². The fourth-order valence-corrected chi connectivity index (χ4v) is 5.02. The number of aromatic amines is 1. The van der Waals surface area contributed by atoms with E-state index < -0.39 is 0 Å². The number of nitrogens with zero attached hydrogens (tertiary/aromatic N) is 3. The lowest BCUT2D eigenvalue weighted by atomic mass is 9.98. The zero-order valence-corrected chi connectivity index (χ0v) is 20.9. The molecule has 0 saturated carbocycles. The summed E-state index contributed by atoms with van der Waals surface area (Å²) in [5, 5.41) is 2.21. The minimum Gasteiger partial charge on any atom is -0.496 e. The lowest BCUT2D eigenvalue weighted by Gasteiger charge is -2.26. The first-order chi connectivity index (χ1) is 18.3. The molecule has 0 bridgehead atoms. The normalized spacial score (nSPS) is 14.3. The van der Waals surface area contributed by atoms with Crippen molar-refractivity contribution < 1.29 is 14.2 Å². The van der Waals surface area contributed by atoms with Gasteiger partial charge in [0.1, 0.15) is 11.5 Å². The van der Waals surface area contributed by atoms with Crippen molar-refractivity contribution in [1.29, 1.82) is 0 Å². The summed E-state index contributed by atoms with van der Waals surface area (Å²) >= 11 is 0. The van der Waals surface area contributed by atoms with Crippen molar-refractivity contribution in [3.63, 3.8) is 0 Å². The molecule has 0 spiro atoms. The van der Waals surface area contributed by atoms with Crippen LogP contribution < -0.4 is 9.47 Å². The van der Waals surface area contributed by atoms with Gasteiger partial charge in [0.15, 0.2) is 0 Å². The third-order valence-electron chi connectivity index (χ3n) is 6.92. The Labute approximate surface area is 216 Å². The molecule has 1 aliphatic rings. The van der Waals surface area contributed by atoms with Crippen LogP contribution in [0.2, 0.25) is 0 Å². The molecule has 2 aromatic carbocycles. The zero-order valence-electron chi connectivity index (χ0n) is 20.9. The summed E-state index contributed by atoms with van der Waals surface area (Å²) in [7, 11) is 1.72. The second kappa shape index (κ2) is 10.6. The first kappa shape index (κ1) is 23.5. The first-order valence-electron chi connectivity index (χ1n) is 12.7. The van der Waals surface area contributed by atoms with Crippen LogP contribution in [-0.4, -0.2) is 66.4 Å². The SMILES string of the molecule is COc1ccc2[nH]c3cnc(-c4cccnc4)cc3c2c1-c1ccc(OCCCN2CCOCC2)cc1. The van der Waals surface area contributed by atoms with Gasteiger partial charge in [-0.1, -0.05) is 12.1 Å². The summed E-state index contributed by atoms with van der Waals surface area (Å²) in [6, 6.07) is 18.5. The van der Waals surface area contributed by atoms with E-state index in [2.05, 4.69) is 44.1 Å². The highest BCUT2D eigenvalue weighted by Crippen LogP contribution is 2.41. The summed E-state index contributed by atoms with van der Waals surface area (Å²) < 4.78 is 17.3. The number of H-pyrrole nitrogens is 1. The Morgan fingerprint density at radius 2 is 1.84 bits per heavy atom. The van der Waals surface area contributed by atoms with Crippen LogP contribution in [0.4, 0.5) is 0 Å². The molecular formula is C30H30N4O3. The average molecular weight is 495 g/mol. The second-order valence-electron chi connectivity index (χ2n) is 9.23. The lowest BCUT2D eigenvalue weighted by Crippen LogP contribution is -2.37. The fourth-order valence-electron chi connectivity index (χ4n) is 5.02. The van der Waals surface area contributed by atoms with Crippen LogP contribution in [0.15, 0.2) is 73.2 Å². The third-order valence-corrected chi connectivity index (χ3v) is 6.92. The van der Waals surface area contributed by atoms with E-state index in [0.29, 0.717) is 6.61 Å². The van der Waals surface area contributed by atoms with Gasteiger partial charge in [0.2, 0.25) is 0 Å². The molecule has 5 aromatic rings. The molecule has 0 unspecified atom stereocenters. The Kier molecular flexibility index (Phi) is 6.71. The molecule has 0 radical (unpaired) electrons. The Bertz CT molecular complexity index is 1490. The van der Waals surface area contributed by atoms with Crippen LogP contribution in [0.1, 0.15) is 6.42 Å². The average Bonchev–Trinajstić information content (AvgIpc) is 3.34. The number of rotatable bonds is 8. The van der Waals surface area contributed by atoms with Gasteiger partial charge in [-0.2, -0.15) is 0 Å². The predicted octanol–water partition coefficient (Wildman–Crippen LogP) is 5.55. The minimum atomic E-state index is 0.697. The summed E-state index contributed by atoms with van der Waals surface area (Å²) in [4.78, 5) is 14.9. The maximum Gasteiger partial charge on any atom is 0.127 e. The van der Waals surface area contributed by atoms with E-state index in [4.69, 9.17) is 14.2 Å². The van der Waals surface area contributed by atoms with Gasteiger partial charge in [-0.3, -0.25) is 14.9 Å². The first-order valence-corrected chi connectivity index (χ1v) is 12.7. The highest BCUT2D eigenvalue weighted by Gasteiger charge is 2.17. The van der Waals surface area contributed by atoms with Gasteiger partial charge in [0.25, 0.3) is 0 Å². The Balaban J connectivity index is 1.29. The lowest BCUT2D eigenvalue weighted by molar-refractivity contribution is 0.0358. The highest BCUT2D eigenvalue weighted by atomic mass is 16.5. The number of aromatic nitrogens is 3. The zero-order chi connectivity index (χ0) is 25.0. The quantitative estimate of drug-likeness (QED) is 0.285. The molecule has 37 heavy (non-hydrogen) atoms. The van der Waals surface area contributed by atoms with Gasteiger partial charge in [0, 0.05) is 59.4 Å². The van der Waals surface area contributed by atoms with E-state index in [1.165, 1.54) is 0 Å². The van der Waals surface area contributed by atoms with Crippen molar-refractivity contribution >= 4 is 21.8 Å². The van der Waals surface area contributed by atoms with Gasteiger partial charge < -0.3 is 19.2 Å². The number of morpholine rings is 1. The van der Waals surface area contributed by atoms with Crippen LogP contribution in [0.5, 0.6) is 11.5 Å². The van der Waals surface area contributed by atoms with Crippen molar-refractivity contribution in [3.05, 3.63) is 73.2 Å². The molecule has 0 atom stereocenters. The van der Waals surface area contributed by atoms with Crippen LogP contribution in [0.25, 0.3) is 44.2 Å². The minimum absolute atomic E-state index is 0.697. The summed E-state index contributed by atoms with van der Waals surface area (Å²) in [5.74, 6) is 1.70. The van der Waals surface area contributed by atoms with Gasteiger partial charge in [-0.05, 0) is 54.4 Å². The smallest absolute Gasteiger partial charge is 0.127 e. The molecule has 1 N–H and O–H groups in total. The molecule has 0 aliphatic carbocycles. The number of benzene rings is 2. The number of pyridine rings is 2. The standard InChI is InChI=1S/C30H30N4O3/c1-35-28-10-9-25-30(24-18-26(32-20-27(24)33-25)22-4-2-11-31-19-22)29(28)21-5-7-23(8-6-21)37-15-3-12-34-13-16-36-17-14-34/h2,4-11,18-20,33H,3,12-17H2,1H3. The topological polar surface area (TPSA) is 72.5 Å². The molecule has 1 aliphatic heterocycles. The van der Waals surface area contributed by atoms with Crippen LogP contribution in [0, 0.1) is 0 Å². The van der Waals surface area contributed by atoms with Crippen LogP contribution in [-0.2, 0) is 4.74 Å². The molecule has 1 saturated heterocycles. The maximum absolute atomic E-state index is 6.04. The van der Waals surface area contributed by atoms with Crippen LogP contribution in [0.3, 0.4) is 0 Å². The van der Waals surface area contributed by atoms with E-state index in [9.17, 15) is 0 Å². The molecule has 3 aromatic heterocycles. The molecule has 1 fully saturated rings. The monoisotopic (exact) mass is 494 g/mol. The number of hydrogen-bond acceptors (Lipinski definition) is 6. The number of fused-ring (bicyclic) bond motifs is 3. The van der Waals surface area contributed by atoms with E-state index in [0.717, 1.165) is 95.0 Å². The maximum atomic E-state index is 6.04.